The number of benzene rings is 6. The van der Waals surface area contributed by atoms with Crippen LogP contribution in [0.4, 0.5) is 0 Å². The average Bonchev–Trinajstić information content (AvgIpc) is 3.92. The van der Waals surface area contributed by atoms with Crippen molar-refractivity contribution in [1.82, 2.24) is 15.0 Å². The second-order valence-corrected chi connectivity index (χ2v) is 14.7. The summed E-state index contributed by atoms with van der Waals surface area (Å²) in [5.41, 5.74) is 11.2. The van der Waals surface area contributed by atoms with Crippen LogP contribution in [-0.2, 0) is 0 Å². The highest BCUT2D eigenvalue weighted by Crippen LogP contribution is 2.51. The van der Waals surface area contributed by atoms with Crippen molar-refractivity contribution >= 4 is 27.8 Å². The summed E-state index contributed by atoms with van der Waals surface area (Å²) >= 11 is 0. The summed E-state index contributed by atoms with van der Waals surface area (Å²) < 4.78 is 6.78. The van der Waals surface area contributed by atoms with Gasteiger partial charge in [0.2, 0.25) is 0 Å². The van der Waals surface area contributed by atoms with Crippen molar-refractivity contribution in [3.8, 4) is 45.3 Å². The van der Waals surface area contributed by atoms with Gasteiger partial charge in [0.25, 0.3) is 0 Å². The first kappa shape index (κ1) is 32.3. The Morgan fingerprint density at radius 1 is 0.446 bits per heavy atom. The van der Waals surface area contributed by atoms with Gasteiger partial charge in [0.05, 0.1) is 0 Å². The van der Waals surface area contributed by atoms with E-state index < -0.39 is 0 Å². The van der Waals surface area contributed by atoms with E-state index in [-0.39, 0.29) is 17.8 Å². The quantitative estimate of drug-likeness (QED) is 0.172. The highest BCUT2D eigenvalue weighted by Gasteiger charge is 2.37. The first-order valence-electron chi connectivity index (χ1n) is 19.2. The fourth-order valence-corrected chi connectivity index (χ4v) is 8.58. The van der Waals surface area contributed by atoms with Crippen molar-refractivity contribution in [2.75, 3.05) is 0 Å². The number of nitrogens with zero attached hydrogens (tertiary/aromatic N) is 3. The van der Waals surface area contributed by atoms with Gasteiger partial charge in [-0.3, -0.25) is 0 Å². The summed E-state index contributed by atoms with van der Waals surface area (Å²) in [6.45, 7) is 0. The van der Waals surface area contributed by atoms with E-state index in [1.807, 2.05) is 60.7 Å². The lowest BCUT2D eigenvalue weighted by Gasteiger charge is -2.32. The van der Waals surface area contributed by atoms with Crippen LogP contribution in [-0.4, -0.2) is 15.0 Å². The minimum atomic E-state index is 0.118. The zero-order valence-corrected chi connectivity index (χ0v) is 30.5. The maximum atomic E-state index is 6.78. The number of hydrogen-bond donors (Lipinski definition) is 0. The Labute approximate surface area is 325 Å². The summed E-state index contributed by atoms with van der Waals surface area (Å²) in [6, 6.07) is 50.8. The van der Waals surface area contributed by atoms with Gasteiger partial charge in [0, 0.05) is 45.4 Å². The predicted octanol–water partition coefficient (Wildman–Crippen LogP) is 12.9. The fourth-order valence-electron chi connectivity index (χ4n) is 8.58. The zero-order valence-electron chi connectivity index (χ0n) is 30.5. The molecule has 8 aromatic rings. The number of fused-ring (bicyclic) bond motifs is 6. The minimum Gasteiger partial charge on any atom is -0.460 e. The van der Waals surface area contributed by atoms with Crippen LogP contribution in [0.5, 0.6) is 0 Å². The van der Waals surface area contributed by atoms with E-state index in [4.69, 9.17) is 19.4 Å². The molecule has 2 aromatic heterocycles. The lowest BCUT2D eigenvalue weighted by Crippen LogP contribution is -2.20. The maximum absolute atomic E-state index is 6.78. The summed E-state index contributed by atoms with van der Waals surface area (Å²) in [4.78, 5) is 14.8. The molecular formula is C52H35N3O. The van der Waals surface area contributed by atoms with Gasteiger partial charge in [0.1, 0.15) is 11.3 Å². The molecule has 0 radical (unpaired) electrons. The summed E-state index contributed by atoms with van der Waals surface area (Å²) in [6.07, 6.45) is 18.2. The van der Waals surface area contributed by atoms with Gasteiger partial charge < -0.3 is 4.42 Å². The van der Waals surface area contributed by atoms with Crippen molar-refractivity contribution in [2.24, 2.45) is 5.92 Å². The molecule has 3 aliphatic rings. The molecule has 0 fully saturated rings. The van der Waals surface area contributed by atoms with Crippen LogP contribution < -0.4 is 0 Å². The van der Waals surface area contributed by atoms with Crippen molar-refractivity contribution in [2.45, 2.75) is 11.8 Å². The highest BCUT2D eigenvalue weighted by molar-refractivity contribution is 5.95. The molecule has 4 nitrogen and oxygen atoms in total. The van der Waals surface area contributed by atoms with Crippen LogP contribution in [0.15, 0.2) is 204 Å². The van der Waals surface area contributed by atoms with E-state index in [9.17, 15) is 0 Å². The van der Waals surface area contributed by atoms with Gasteiger partial charge in [0.15, 0.2) is 17.5 Å². The minimum absolute atomic E-state index is 0.118. The van der Waals surface area contributed by atoms with Gasteiger partial charge in [-0.25, -0.2) is 15.0 Å². The van der Waals surface area contributed by atoms with Crippen LogP contribution in [0, 0.1) is 5.92 Å². The van der Waals surface area contributed by atoms with E-state index in [0.29, 0.717) is 17.5 Å². The van der Waals surface area contributed by atoms with E-state index >= 15 is 0 Å². The molecule has 0 N–H and O–H groups in total. The van der Waals surface area contributed by atoms with Crippen LogP contribution in [0.1, 0.15) is 28.7 Å². The molecule has 3 aliphatic carbocycles. The van der Waals surface area contributed by atoms with Gasteiger partial charge >= 0.3 is 0 Å². The SMILES string of the molecule is C1=CC(c2ccc(-c3nc(-c4ccccc4)nc(-c4ccccc4)n3)cc2)C(C2=Cc3c(oc4cc(-c5ccc6ccccc6c5)ccc34)C3C=CC=CC23)=C1. The molecule has 2 heterocycles. The molecule has 0 spiro atoms. The second-order valence-electron chi connectivity index (χ2n) is 14.7. The highest BCUT2D eigenvalue weighted by atomic mass is 16.3. The monoisotopic (exact) mass is 717 g/mol. The molecule has 0 saturated carbocycles. The Morgan fingerprint density at radius 3 is 1.75 bits per heavy atom. The lowest BCUT2D eigenvalue weighted by atomic mass is 9.71. The van der Waals surface area contributed by atoms with Crippen molar-refractivity contribution in [3.63, 3.8) is 0 Å². The van der Waals surface area contributed by atoms with Crippen molar-refractivity contribution in [1.29, 1.82) is 0 Å². The smallest absolute Gasteiger partial charge is 0.164 e. The van der Waals surface area contributed by atoms with Crippen molar-refractivity contribution in [3.05, 3.63) is 216 Å². The van der Waals surface area contributed by atoms with E-state index in [2.05, 4.69) is 134 Å². The summed E-state index contributed by atoms with van der Waals surface area (Å²) in [5, 5.41) is 3.63. The number of furan rings is 1. The Kier molecular flexibility index (Phi) is 7.66. The molecular weight excluding hydrogens is 683 g/mol. The molecule has 0 saturated heterocycles. The third-order valence-corrected chi connectivity index (χ3v) is 11.4. The molecule has 264 valence electrons. The van der Waals surface area contributed by atoms with Crippen LogP contribution in [0.3, 0.4) is 0 Å². The molecule has 4 heteroatoms. The molecule has 6 aromatic carbocycles. The van der Waals surface area contributed by atoms with Gasteiger partial charge in [-0.2, -0.15) is 0 Å². The number of aromatic nitrogens is 3. The Hall–Kier alpha value is -7.17. The third-order valence-electron chi connectivity index (χ3n) is 11.4. The van der Waals surface area contributed by atoms with E-state index in [1.54, 1.807) is 0 Å². The standard InChI is InChI=1S/C52H35N3O/c1-3-13-35(14-4-1)50-53-51(36-15-5-2-6-16-36)55-52(54-50)37-25-23-34(24-26-37)41-20-11-21-42(41)46-32-47-44-29-28-40(39-27-22-33-12-7-8-17-38(33)30-39)31-48(44)56-49(47)45-19-10-9-18-43(45)46/h1-32,41,43,45H. The third kappa shape index (κ3) is 5.57. The van der Waals surface area contributed by atoms with Gasteiger partial charge in [-0.15, -0.1) is 0 Å². The van der Waals surface area contributed by atoms with E-state index in [1.165, 1.54) is 38.6 Å². The summed E-state index contributed by atoms with van der Waals surface area (Å²) in [7, 11) is 0. The number of rotatable bonds is 6. The number of hydrogen-bond acceptors (Lipinski definition) is 4. The van der Waals surface area contributed by atoms with Crippen LogP contribution in [0.25, 0.3) is 73.1 Å². The van der Waals surface area contributed by atoms with Crippen molar-refractivity contribution < 1.29 is 4.42 Å². The molecule has 0 bridgehead atoms. The second kappa shape index (κ2) is 13.3. The molecule has 0 aliphatic heterocycles. The van der Waals surface area contributed by atoms with E-state index in [0.717, 1.165) is 39.0 Å². The van der Waals surface area contributed by atoms with Gasteiger partial charge in [-0.1, -0.05) is 170 Å². The predicted molar refractivity (Wildman–Crippen MR) is 228 cm³/mol. The molecule has 3 unspecified atom stereocenters. The molecule has 11 rings (SSSR count). The summed E-state index contributed by atoms with van der Waals surface area (Å²) in [5.74, 6) is 3.43. The Morgan fingerprint density at radius 2 is 1.04 bits per heavy atom. The molecule has 56 heavy (non-hydrogen) atoms. The molecule has 3 atom stereocenters. The van der Waals surface area contributed by atoms with Gasteiger partial charge in [-0.05, 0) is 62.9 Å². The topological polar surface area (TPSA) is 51.8 Å². The molecule has 0 amide bonds. The maximum Gasteiger partial charge on any atom is 0.164 e. The number of allylic oxidation sites excluding steroid dienone is 9. The average molecular weight is 718 g/mol. The Bertz CT molecular complexity index is 2910. The first-order valence-corrected chi connectivity index (χ1v) is 19.2. The van der Waals surface area contributed by atoms with Crippen LogP contribution in [0.2, 0.25) is 0 Å². The first-order chi connectivity index (χ1) is 27.7. The van der Waals surface area contributed by atoms with Crippen LogP contribution >= 0.6 is 0 Å². The zero-order chi connectivity index (χ0) is 37.0. The normalized spacial score (nSPS) is 18.2. The fraction of sp³-hybridized carbons (Fsp3) is 0.0577. The lowest BCUT2D eigenvalue weighted by molar-refractivity contribution is 0.483. The largest absolute Gasteiger partial charge is 0.460 e. The Balaban J connectivity index is 0.941.